The first-order valence-corrected chi connectivity index (χ1v) is 30.9. The zero-order valence-corrected chi connectivity index (χ0v) is 55.4. The summed E-state index contributed by atoms with van der Waals surface area (Å²) in [5, 5.41) is 20.2. The van der Waals surface area contributed by atoms with Crippen LogP contribution in [0.2, 0.25) is 0 Å². The number of carbonyl (C=O) groups excluding carboxylic acids is 10. The van der Waals surface area contributed by atoms with E-state index >= 15 is 9.59 Å². The van der Waals surface area contributed by atoms with E-state index < -0.39 is 124 Å². The fourth-order valence-corrected chi connectivity index (χ4v) is 9.80. The van der Waals surface area contributed by atoms with Crippen molar-refractivity contribution in [2.24, 2.45) is 59.1 Å². The molecule has 0 aromatic heterocycles. The Balaban J connectivity index is 3.96. The van der Waals surface area contributed by atoms with Crippen molar-refractivity contribution in [3.05, 3.63) is 35.9 Å². The molecule has 0 fully saturated rings. The first-order valence-electron chi connectivity index (χ1n) is 30.9. The maximum absolute atomic E-state index is 15.9. The fraction of sp³-hybridized carbons (Fsp3) is 0.750. The van der Waals surface area contributed by atoms with Crippen LogP contribution in [0.5, 0.6) is 0 Å². The molecule has 8 atom stereocenters. The number of ketones is 1. The van der Waals surface area contributed by atoms with Gasteiger partial charge in [0.25, 0.3) is 5.91 Å². The number of alkyl carbamates (subject to hydrolysis) is 1. The van der Waals surface area contributed by atoms with Gasteiger partial charge in [-0.2, -0.15) is 0 Å². The van der Waals surface area contributed by atoms with E-state index in [-0.39, 0.29) is 99.4 Å². The number of nitrogens with zero attached hydrogens (tertiary/aromatic N) is 1. The molecular formula is C64H111N9O12. The predicted molar refractivity (Wildman–Crippen MR) is 330 cm³/mol. The van der Waals surface area contributed by atoms with Crippen molar-refractivity contribution in [1.82, 2.24) is 42.2 Å². The molecule has 9 N–H and O–H groups in total. The van der Waals surface area contributed by atoms with E-state index in [0.29, 0.717) is 5.01 Å². The van der Waals surface area contributed by atoms with Crippen LogP contribution in [-0.4, -0.2) is 118 Å². The van der Waals surface area contributed by atoms with Crippen molar-refractivity contribution < 1.29 is 57.4 Å². The van der Waals surface area contributed by atoms with Crippen molar-refractivity contribution in [1.29, 1.82) is 0 Å². The highest BCUT2D eigenvalue weighted by Crippen LogP contribution is 2.30. The Labute approximate surface area is 508 Å². The van der Waals surface area contributed by atoms with Crippen LogP contribution in [0.15, 0.2) is 30.3 Å². The van der Waals surface area contributed by atoms with Gasteiger partial charge in [0.05, 0.1) is 6.04 Å². The summed E-state index contributed by atoms with van der Waals surface area (Å²) in [6.45, 7) is 37.6. The van der Waals surface area contributed by atoms with E-state index in [1.165, 1.54) is 0 Å². The zero-order chi connectivity index (χ0) is 65.4. The molecule has 0 spiro atoms. The van der Waals surface area contributed by atoms with Crippen molar-refractivity contribution in [3.63, 3.8) is 0 Å². The third-order valence-corrected chi connectivity index (χ3v) is 13.6. The Bertz CT molecular complexity index is 2330. The van der Waals surface area contributed by atoms with E-state index in [1.807, 2.05) is 113 Å². The lowest BCUT2D eigenvalue weighted by atomic mass is 9.77. The smallest absolute Gasteiger partial charge is 0.408 e. The minimum Gasteiger partial charge on any atom is -0.459 e. The first kappa shape index (κ1) is 76.9. The van der Waals surface area contributed by atoms with E-state index in [9.17, 15) is 38.4 Å². The maximum Gasteiger partial charge on any atom is 0.408 e. The van der Waals surface area contributed by atoms with Crippen LogP contribution in [0.3, 0.4) is 0 Å². The SMILES string of the molecule is CC(C)C[C@H](NC(=O)OC(C)(C)C)C(=O)N[C@@H](CC(C)C)C(=O)N[C@@H](CC(C)C)C(=O)N[C@@H](CC(C)C)C(=O)[C@](CC(C)C)(C(=O)N[C@@H](CC(C)C)C(=O)N[C@@H](CC(C)C)C(=O)N[C@@H](CC(C)C)C(=O)OCc1ccccc1)N(N)C(=O)C(C)C. The van der Waals surface area contributed by atoms with E-state index in [0.717, 1.165) is 5.56 Å². The van der Waals surface area contributed by atoms with E-state index in [4.69, 9.17) is 15.3 Å². The first-order chi connectivity index (χ1) is 39.2. The second-order valence-corrected chi connectivity index (χ2v) is 27.7. The van der Waals surface area contributed by atoms with Gasteiger partial charge < -0.3 is 46.7 Å². The molecule has 0 aliphatic carbocycles. The van der Waals surface area contributed by atoms with Crippen LogP contribution in [0.1, 0.15) is 202 Å². The Kier molecular flexibility index (Phi) is 32.7. The molecule has 0 heterocycles. The average molecular weight is 1200 g/mol. The fourth-order valence-electron chi connectivity index (χ4n) is 9.80. The van der Waals surface area contributed by atoms with Gasteiger partial charge in [-0.15, -0.1) is 0 Å². The number of ether oxygens (including phenoxy) is 2. The molecule has 8 amide bonds. The number of hydrogen-bond acceptors (Lipinski definition) is 13. The van der Waals surface area contributed by atoms with Crippen LogP contribution in [0.4, 0.5) is 4.79 Å². The Morgan fingerprint density at radius 1 is 0.435 bits per heavy atom. The molecule has 1 aromatic rings. The molecule has 0 saturated heterocycles. The third kappa shape index (κ3) is 27.9. The van der Waals surface area contributed by atoms with Crippen molar-refractivity contribution in [2.45, 2.75) is 257 Å². The van der Waals surface area contributed by atoms with Crippen LogP contribution >= 0.6 is 0 Å². The third-order valence-electron chi connectivity index (χ3n) is 13.6. The molecule has 0 bridgehead atoms. The number of nitrogens with one attached hydrogen (secondary N) is 7. The normalized spacial score (nSPS) is 15.1. The number of nitrogens with two attached hydrogens (primary N) is 1. The van der Waals surface area contributed by atoms with E-state index in [2.05, 4.69) is 37.2 Å². The van der Waals surface area contributed by atoms with Crippen molar-refractivity contribution in [3.8, 4) is 0 Å². The highest BCUT2D eigenvalue weighted by Gasteiger charge is 2.56. The minimum atomic E-state index is -2.56. The molecule has 0 saturated carbocycles. The monoisotopic (exact) mass is 1200 g/mol. The summed E-state index contributed by atoms with van der Waals surface area (Å²) < 4.78 is 11.1. The van der Waals surface area contributed by atoms with Gasteiger partial charge >= 0.3 is 12.1 Å². The maximum atomic E-state index is 15.9. The van der Waals surface area contributed by atoms with Gasteiger partial charge in [-0.3, -0.25) is 43.4 Å². The number of benzene rings is 1. The summed E-state index contributed by atoms with van der Waals surface area (Å²) in [6, 6.07) is 0.408. The molecular weight excluding hydrogens is 1090 g/mol. The molecule has 0 aliphatic rings. The molecule has 484 valence electrons. The Hall–Kier alpha value is -6.12. The highest BCUT2D eigenvalue weighted by atomic mass is 16.6. The average Bonchev–Trinajstić information content (AvgIpc) is 3.00. The summed E-state index contributed by atoms with van der Waals surface area (Å²) in [5.74, 6) is -2.65. The van der Waals surface area contributed by atoms with Gasteiger partial charge in [0.2, 0.25) is 35.4 Å². The molecule has 0 radical (unpaired) electrons. The number of rotatable bonds is 36. The van der Waals surface area contributed by atoms with Crippen molar-refractivity contribution >= 4 is 59.2 Å². The predicted octanol–water partition coefficient (Wildman–Crippen LogP) is 7.57. The number of amides is 8. The molecule has 0 unspecified atom stereocenters. The number of esters is 1. The van der Waals surface area contributed by atoms with Gasteiger partial charge in [0, 0.05) is 5.92 Å². The van der Waals surface area contributed by atoms with Gasteiger partial charge in [-0.1, -0.05) is 155 Å². The quantitative estimate of drug-likeness (QED) is 0.0106. The van der Waals surface area contributed by atoms with Crippen LogP contribution in [-0.2, 0) is 59.2 Å². The zero-order valence-electron chi connectivity index (χ0n) is 55.4. The summed E-state index contributed by atoms with van der Waals surface area (Å²) in [5.41, 5.74) is -2.64. The molecule has 85 heavy (non-hydrogen) atoms. The van der Waals surface area contributed by atoms with Gasteiger partial charge in [0.1, 0.15) is 48.5 Å². The lowest BCUT2D eigenvalue weighted by Crippen LogP contribution is -2.73. The van der Waals surface area contributed by atoms with Crippen LogP contribution in [0, 0.1) is 53.3 Å². The van der Waals surface area contributed by atoms with Crippen molar-refractivity contribution in [2.75, 3.05) is 0 Å². The molecule has 21 heteroatoms. The van der Waals surface area contributed by atoms with Crippen LogP contribution < -0.4 is 43.1 Å². The summed E-state index contributed by atoms with van der Waals surface area (Å²) in [4.78, 5) is 145. The molecule has 1 aromatic carbocycles. The largest absolute Gasteiger partial charge is 0.459 e. The van der Waals surface area contributed by atoms with Gasteiger partial charge in [-0.05, 0) is 125 Å². The van der Waals surface area contributed by atoms with Gasteiger partial charge in [0.15, 0.2) is 11.3 Å². The summed E-state index contributed by atoms with van der Waals surface area (Å²) >= 11 is 0. The summed E-state index contributed by atoms with van der Waals surface area (Å²) in [7, 11) is 0. The number of Topliss-reactive ketones (excluding diaryl/α,β-unsaturated/α-hetero) is 1. The summed E-state index contributed by atoms with van der Waals surface area (Å²) in [6.07, 6.45) is -0.389. The topological polar surface area (TPSA) is 303 Å². The second kappa shape index (κ2) is 36.1. The number of hydrogen-bond donors (Lipinski definition) is 8. The second-order valence-electron chi connectivity index (χ2n) is 27.7. The number of hydrazine groups is 1. The number of carbonyl (C=O) groups is 10. The lowest BCUT2D eigenvalue weighted by Gasteiger charge is -2.43. The Morgan fingerprint density at radius 2 is 0.753 bits per heavy atom. The van der Waals surface area contributed by atoms with E-state index in [1.54, 1.807) is 62.3 Å². The minimum absolute atomic E-state index is 0.00363. The molecule has 0 aliphatic heterocycles. The Morgan fingerprint density at radius 3 is 1.09 bits per heavy atom. The van der Waals surface area contributed by atoms with Crippen LogP contribution in [0.25, 0.3) is 0 Å². The highest BCUT2D eigenvalue weighted by molar-refractivity contribution is 6.16. The lowest BCUT2D eigenvalue weighted by molar-refractivity contribution is -0.161. The molecule has 21 nitrogen and oxygen atoms in total. The molecule has 1 rings (SSSR count). The van der Waals surface area contributed by atoms with Gasteiger partial charge in [-0.25, -0.2) is 15.4 Å². The standard InChI is InChI=1S/C64H111N9O12/c1-36(2)27-46(66-54(75)47(28-37(3)4)67-55(76)48(29-38(5)6)69-58(79)51(32-41(11)12)72-62(83)85-63(19,20)21)53(74)64(34-43(15)16,73(65)59(80)44(17)18)61(82)71-50(31-40(9)10)57(78)68-49(30-39(7)8)56(77)70-52(33-42(13)14)60(81)84-35-45-25-23-22-24-26-45/h22-26,36-44,46-52H,27-35,65H2,1-21H3,(H,66,75)(H,67,76)(H,68,78)(H,69,79)(H,70,77)(H,71,82)(H,72,83)/t46-,47-,48-,49-,50-,51-,52-,64+/m0/s1.